The Bertz CT molecular complexity index is 466. The Labute approximate surface area is 118 Å². The van der Waals surface area contributed by atoms with Crippen molar-refractivity contribution in [3.05, 3.63) is 17.5 Å². The van der Waals surface area contributed by atoms with Gasteiger partial charge in [0.25, 0.3) is 5.91 Å². The number of nitrogens with zero attached hydrogens (tertiary/aromatic N) is 3. The first kappa shape index (κ1) is 16.2. The minimum atomic E-state index is -1.20. The van der Waals surface area contributed by atoms with Gasteiger partial charge in [-0.05, 0) is 26.1 Å². The van der Waals surface area contributed by atoms with E-state index < -0.39 is 11.9 Å². The van der Waals surface area contributed by atoms with Crippen LogP contribution in [-0.4, -0.2) is 57.8 Å². The number of carbonyl (C=O) groups is 2. The van der Waals surface area contributed by atoms with E-state index in [2.05, 4.69) is 29.2 Å². The number of amides is 1. The summed E-state index contributed by atoms with van der Waals surface area (Å²) in [6, 6.07) is 0. The maximum Gasteiger partial charge on any atom is 0.357 e. The van der Waals surface area contributed by atoms with Gasteiger partial charge in [0.1, 0.15) is 0 Å². The summed E-state index contributed by atoms with van der Waals surface area (Å²) >= 11 is 0. The number of aromatic carboxylic acids is 1. The van der Waals surface area contributed by atoms with E-state index in [0.29, 0.717) is 6.54 Å². The number of hydrogen-bond acceptors (Lipinski definition) is 4. The van der Waals surface area contributed by atoms with Crippen molar-refractivity contribution in [3.63, 3.8) is 0 Å². The highest BCUT2D eigenvalue weighted by Crippen LogP contribution is 2.06. The van der Waals surface area contributed by atoms with Gasteiger partial charge in [-0.3, -0.25) is 9.48 Å². The molecule has 1 rings (SSSR count). The van der Waals surface area contributed by atoms with Crippen LogP contribution in [0.1, 0.15) is 41.1 Å². The van der Waals surface area contributed by atoms with Crippen LogP contribution in [0.4, 0.5) is 0 Å². The number of hydrogen-bond donors (Lipinski definition) is 2. The van der Waals surface area contributed by atoms with Crippen LogP contribution in [-0.2, 0) is 7.05 Å². The number of carbonyl (C=O) groups excluding carboxylic acids is 1. The fourth-order valence-electron chi connectivity index (χ4n) is 1.95. The number of nitrogens with one attached hydrogen (secondary N) is 1. The summed E-state index contributed by atoms with van der Waals surface area (Å²) in [7, 11) is 1.59. The van der Waals surface area contributed by atoms with Crippen LogP contribution < -0.4 is 5.32 Å². The first-order chi connectivity index (χ1) is 9.49. The molecule has 0 unspecified atom stereocenters. The van der Waals surface area contributed by atoms with Crippen molar-refractivity contribution >= 4 is 11.9 Å². The Morgan fingerprint density at radius 2 is 2.05 bits per heavy atom. The number of rotatable bonds is 8. The molecule has 0 atom stereocenters. The zero-order valence-corrected chi connectivity index (χ0v) is 12.2. The lowest BCUT2D eigenvalue weighted by molar-refractivity contribution is 0.0684. The van der Waals surface area contributed by atoms with Gasteiger partial charge in [0.2, 0.25) is 0 Å². The Morgan fingerprint density at radius 1 is 1.40 bits per heavy atom. The first-order valence-corrected chi connectivity index (χ1v) is 6.77. The molecule has 0 aliphatic heterocycles. The molecule has 1 aromatic heterocycles. The standard InChI is InChI=1S/C13H22N4O3/c1-4-17(5-2)8-6-7-14-12(18)10-9-16(3)15-11(10)13(19)20/h9H,4-8H2,1-3H3,(H,14,18)(H,19,20). The van der Waals surface area contributed by atoms with E-state index >= 15 is 0 Å². The average Bonchev–Trinajstić information content (AvgIpc) is 2.81. The molecule has 0 aromatic carbocycles. The molecular formula is C13H22N4O3. The van der Waals surface area contributed by atoms with Crippen LogP contribution in [0.15, 0.2) is 6.20 Å². The van der Waals surface area contributed by atoms with Crippen molar-refractivity contribution in [1.82, 2.24) is 20.0 Å². The third-order valence-electron chi connectivity index (χ3n) is 3.11. The lowest BCUT2D eigenvalue weighted by Crippen LogP contribution is -2.30. The van der Waals surface area contributed by atoms with E-state index in [1.165, 1.54) is 10.9 Å². The summed E-state index contributed by atoms with van der Waals surface area (Å²) < 4.78 is 1.33. The SMILES string of the molecule is CCN(CC)CCCNC(=O)c1cn(C)nc1C(=O)O. The van der Waals surface area contributed by atoms with Crippen LogP contribution in [0.25, 0.3) is 0 Å². The molecule has 7 nitrogen and oxygen atoms in total. The van der Waals surface area contributed by atoms with Gasteiger partial charge in [0.15, 0.2) is 5.69 Å². The molecule has 112 valence electrons. The molecule has 2 N–H and O–H groups in total. The second-order valence-electron chi connectivity index (χ2n) is 4.51. The van der Waals surface area contributed by atoms with Crippen molar-refractivity contribution in [1.29, 1.82) is 0 Å². The van der Waals surface area contributed by atoms with Crippen LogP contribution >= 0.6 is 0 Å². The Hall–Kier alpha value is -1.89. The molecule has 0 fully saturated rings. The van der Waals surface area contributed by atoms with Gasteiger partial charge < -0.3 is 15.3 Å². The molecule has 1 aromatic rings. The molecule has 0 aliphatic rings. The fraction of sp³-hybridized carbons (Fsp3) is 0.615. The van der Waals surface area contributed by atoms with Gasteiger partial charge >= 0.3 is 5.97 Å². The van der Waals surface area contributed by atoms with Gasteiger partial charge in [-0.15, -0.1) is 0 Å². The van der Waals surface area contributed by atoms with Crippen LogP contribution in [0.3, 0.4) is 0 Å². The molecule has 1 amide bonds. The Balaban J connectivity index is 2.49. The highest BCUT2D eigenvalue weighted by Gasteiger charge is 2.20. The molecule has 0 spiro atoms. The molecule has 0 radical (unpaired) electrons. The van der Waals surface area contributed by atoms with Crippen molar-refractivity contribution < 1.29 is 14.7 Å². The molecule has 1 heterocycles. The third kappa shape index (κ3) is 4.34. The smallest absolute Gasteiger partial charge is 0.357 e. The largest absolute Gasteiger partial charge is 0.476 e. The minimum Gasteiger partial charge on any atom is -0.476 e. The number of carboxylic acid groups (broad SMARTS) is 1. The van der Waals surface area contributed by atoms with Crippen molar-refractivity contribution in [2.45, 2.75) is 20.3 Å². The van der Waals surface area contributed by atoms with Gasteiger partial charge in [-0.2, -0.15) is 5.10 Å². The quantitative estimate of drug-likeness (QED) is 0.681. The molecule has 0 saturated carbocycles. The van der Waals surface area contributed by atoms with Gasteiger partial charge in [-0.1, -0.05) is 13.8 Å². The van der Waals surface area contributed by atoms with Gasteiger partial charge in [0, 0.05) is 19.8 Å². The van der Waals surface area contributed by atoms with Gasteiger partial charge in [0.05, 0.1) is 5.56 Å². The first-order valence-electron chi connectivity index (χ1n) is 6.77. The molecule has 7 heteroatoms. The molecular weight excluding hydrogens is 260 g/mol. The normalized spacial score (nSPS) is 10.8. The zero-order chi connectivity index (χ0) is 15.1. The van der Waals surface area contributed by atoms with Crippen molar-refractivity contribution in [3.8, 4) is 0 Å². The molecule has 0 bridgehead atoms. The molecule has 0 saturated heterocycles. The maximum absolute atomic E-state index is 11.9. The van der Waals surface area contributed by atoms with E-state index in [4.69, 9.17) is 5.11 Å². The second kappa shape index (κ2) is 7.64. The van der Waals surface area contributed by atoms with Crippen LogP contribution in [0, 0.1) is 0 Å². The summed E-state index contributed by atoms with van der Waals surface area (Å²) in [5.41, 5.74) is -0.114. The third-order valence-corrected chi connectivity index (χ3v) is 3.11. The monoisotopic (exact) mass is 282 g/mol. The summed E-state index contributed by atoms with van der Waals surface area (Å²) in [5, 5.41) is 15.5. The summed E-state index contributed by atoms with van der Waals surface area (Å²) in [4.78, 5) is 25.2. The van der Waals surface area contributed by atoms with E-state index in [-0.39, 0.29) is 11.3 Å². The zero-order valence-electron chi connectivity index (χ0n) is 12.2. The second-order valence-corrected chi connectivity index (χ2v) is 4.51. The maximum atomic E-state index is 11.9. The predicted octanol–water partition coefficient (Wildman–Crippen LogP) is 0.580. The summed E-state index contributed by atoms with van der Waals surface area (Å²) in [6.45, 7) is 7.58. The fourth-order valence-corrected chi connectivity index (χ4v) is 1.95. The van der Waals surface area contributed by atoms with E-state index in [1.54, 1.807) is 7.05 Å². The summed E-state index contributed by atoms with van der Waals surface area (Å²) in [5.74, 6) is -1.59. The van der Waals surface area contributed by atoms with E-state index in [1.807, 2.05) is 0 Å². The van der Waals surface area contributed by atoms with Crippen LogP contribution in [0.2, 0.25) is 0 Å². The highest BCUT2D eigenvalue weighted by molar-refractivity contribution is 6.03. The van der Waals surface area contributed by atoms with E-state index in [0.717, 1.165) is 26.1 Å². The Morgan fingerprint density at radius 3 is 2.60 bits per heavy atom. The van der Waals surface area contributed by atoms with E-state index in [9.17, 15) is 9.59 Å². The lowest BCUT2D eigenvalue weighted by atomic mass is 10.2. The van der Waals surface area contributed by atoms with Crippen LogP contribution in [0.5, 0.6) is 0 Å². The van der Waals surface area contributed by atoms with Crippen molar-refractivity contribution in [2.75, 3.05) is 26.2 Å². The molecule has 20 heavy (non-hydrogen) atoms. The molecule has 0 aliphatic carbocycles. The van der Waals surface area contributed by atoms with Gasteiger partial charge in [-0.25, -0.2) is 4.79 Å². The number of aromatic nitrogens is 2. The Kier molecular flexibility index (Phi) is 6.17. The minimum absolute atomic E-state index is 0.0999. The summed E-state index contributed by atoms with van der Waals surface area (Å²) in [6.07, 6.45) is 2.25. The lowest BCUT2D eigenvalue weighted by Gasteiger charge is -2.17. The topological polar surface area (TPSA) is 87.5 Å². The predicted molar refractivity (Wildman–Crippen MR) is 74.9 cm³/mol. The number of carboxylic acids is 1. The van der Waals surface area contributed by atoms with Crippen molar-refractivity contribution in [2.24, 2.45) is 7.05 Å². The number of aryl methyl sites for hydroxylation is 1. The average molecular weight is 282 g/mol. The highest BCUT2D eigenvalue weighted by atomic mass is 16.4.